The van der Waals surface area contributed by atoms with Gasteiger partial charge in [0.15, 0.2) is 11.5 Å². The lowest BCUT2D eigenvalue weighted by atomic mass is 10.2. The molecule has 0 bridgehead atoms. The van der Waals surface area contributed by atoms with Gasteiger partial charge in [-0.25, -0.2) is 9.78 Å². The molecule has 0 amide bonds. The van der Waals surface area contributed by atoms with Gasteiger partial charge in [0.25, 0.3) is 0 Å². The van der Waals surface area contributed by atoms with E-state index < -0.39 is 5.97 Å². The number of esters is 1. The number of hydrogen-bond donors (Lipinski definition) is 2. The summed E-state index contributed by atoms with van der Waals surface area (Å²) in [5.74, 6) is 0.000216. The molecule has 1 atom stereocenters. The van der Waals surface area contributed by atoms with Crippen LogP contribution in [0.1, 0.15) is 30.3 Å². The number of ether oxygens (including phenoxy) is 2. The fourth-order valence-corrected chi connectivity index (χ4v) is 1.74. The number of nitrogens with two attached hydrogens (primary N) is 1. The minimum absolute atomic E-state index is 0.109. The first-order valence-electron chi connectivity index (χ1n) is 6.22. The molecule has 106 valence electrons. The first kappa shape index (κ1) is 15.2. The maximum absolute atomic E-state index is 11.4. The Kier molecular flexibility index (Phi) is 6.08. The van der Waals surface area contributed by atoms with E-state index in [1.54, 1.807) is 13.2 Å². The zero-order valence-corrected chi connectivity index (χ0v) is 11.6. The Morgan fingerprint density at radius 2 is 2.21 bits per heavy atom. The lowest BCUT2D eigenvalue weighted by Gasteiger charge is -2.19. The second-order valence-corrected chi connectivity index (χ2v) is 4.21. The minimum atomic E-state index is -0.484. The number of nitrogens with zero attached hydrogens (tertiary/aromatic N) is 1. The van der Waals surface area contributed by atoms with Gasteiger partial charge in [-0.15, -0.1) is 0 Å². The number of methoxy groups -OCH3 is 2. The summed E-state index contributed by atoms with van der Waals surface area (Å²) in [6, 6.07) is 3.28. The summed E-state index contributed by atoms with van der Waals surface area (Å²) in [4.78, 5) is 15.6. The second kappa shape index (κ2) is 7.58. The molecule has 6 heteroatoms. The SMILES string of the molecule is CCCC(COC)Nc1nc(C(=O)OC)ccc1N. The molecule has 1 aromatic rings. The van der Waals surface area contributed by atoms with Crippen molar-refractivity contribution < 1.29 is 14.3 Å². The van der Waals surface area contributed by atoms with Crippen LogP contribution in [0.5, 0.6) is 0 Å². The van der Waals surface area contributed by atoms with Crippen molar-refractivity contribution in [2.75, 3.05) is 31.9 Å². The van der Waals surface area contributed by atoms with E-state index in [1.807, 2.05) is 0 Å². The summed E-state index contributed by atoms with van der Waals surface area (Å²) >= 11 is 0. The maximum atomic E-state index is 11.4. The number of carbonyl (C=O) groups excluding carboxylic acids is 1. The Morgan fingerprint density at radius 1 is 1.47 bits per heavy atom. The molecule has 0 radical (unpaired) electrons. The van der Waals surface area contributed by atoms with Crippen molar-refractivity contribution in [3.05, 3.63) is 17.8 Å². The van der Waals surface area contributed by atoms with Crippen LogP contribution < -0.4 is 11.1 Å². The van der Waals surface area contributed by atoms with Crippen LogP contribution in [0.4, 0.5) is 11.5 Å². The number of nitrogens with one attached hydrogen (secondary N) is 1. The van der Waals surface area contributed by atoms with Crippen LogP contribution >= 0.6 is 0 Å². The summed E-state index contributed by atoms with van der Waals surface area (Å²) < 4.78 is 9.78. The molecule has 1 aromatic heterocycles. The zero-order valence-electron chi connectivity index (χ0n) is 11.6. The smallest absolute Gasteiger partial charge is 0.356 e. The number of anilines is 2. The quantitative estimate of drug-likeness (QED) is 0.731. The molecule has 1 rings (SSSR count). The molecular formula is C13H21N3O3. The van der Waals surface area contributed by atoms with Crippen LogP contribution in [-0.4, -0.2) is 37.8 Å². The Hall–Kier alpha value is -1.82. The summed E-state index contributed by atoms with van der Waals surface area (Å²) in [6.07, 6.45) is 1.94. The molecule has 0 aromatic carbocycles. The van der Waals surface area contributed by atoms with Gasteiger partial charge in [-0.05, 0) is 18.6 Å². The molecule has 0 saturated carbocycles. The Bertz CT molecular complexity index is 418. The van der Waals surface area contributed by atoms with Gasteiger partial charge in [0, 0.05) is 7.11 Å². The van der Waals surface area contributed by atoms with E-state index in [0.29, 0.717) is 18.1 Å². The minimum Gasteiger partial charge on any atom is -0.464 e. The molecule has 3 N–H and O–H groups in total. The fraction of sp³-hybridized carbons (Fsp3) is 0.538. The molecule has 19 heavy (non-hydrogen) atoms. The molecular weight excluding hydrogens is 246 g/mol. The highest BCUT2D eigenvalue weighted by atomic mass is 16.5. The van der Waals surface area contributed by atoms with Gasteiger partial charge >= 0.3 is 5.97 Å². The van der Waals surface area contributed by atoms with Gasteiger partial charge < -0.3 is 20.5 Å². The highest BCUT2D eigenvalue weighted by Crippen LogP contribution is 2.18. The molecule has 0 saturated heterocycles. The summed E-state index contributed by atoms with van der Waals surface area (Å²) in [5.41, 5.74) is 6.57. The number of pyridine rings is 1. The van der Waals surface area contributed by atoms with Gasteiger partial charge in [0.05, 0.1) is 25.4 Å². The molecule has 0 aliphatic carbocycles. The van der Waals surface area contributed by atoms with Crippen molar-refractivity contribution in [2.45, 2.75) is 25.8 Å². The average Bonchev–Trinajstić information content (AvgIpc) is 2.41. The van der Waals surface area contributed by atoms with Crippen molar-refractivity contribution in [1.82, 2.24) is 4.98 Å². The van der Waals surface area contributed by atoms with E-state index in [1.165, 1.54) is 13.2 Å². The fourth-order valence-electron chi connectivity index (χ4n) is 1.74. The van der Waals surface area contributed by atoms with Crippen molar-refractivity contribution in [1.29, 1.82) is 0 Å². The van der Waals surface area contributed by atoms with Crippen LogP contribution in [0.2, 0.25) is 0 Å². The Labute approximate surface area is 113 Å². The van der Waals surface area contributed by atoms with E-state index in [0.717, 1.165) is 12.8 Å². The lowest BCUT2D eigenvalue weighted by Crippen LogP contribution is -2.26. The van der Waals surface area contributed by atoms with Gasteiger partial charge in [-0.2, -0.15) is 0 Å². The van der Waals surface area contributed by atoms with Crippen LogP contribution in [0.3, 0.4) is 0 Å². The third-order valence-corrected chi connectivity index (χ3v) is 2.67. The summed E-state index contributed by atoms with van der Waals surface area (Å²) in [7, 11) is 2.96. The van der Waals surface area contributed by atoms with Crippen LogP contribution in [-0.2, 0) is 9.47 Å². The highest BCUT2D eigenvalue weighted by molar-refractivity contribution is 5.88. The lowest BCUT2D eigenvalue weighted by molar-refractivity contribution is 0.0594. The number of nitrogen functional groups attached to an aromatic ring is 1. The molecule has 0 spiro atoms. The highest BCUT2D eigenvalue weighted by Gasteiger charge is 2.13. The topological polar surface area (TPSA) is 86.5 Å². The summed E-state index contributed by atoms with van der Waals surface area (Å²) in [6.45, 7) is 2.64. The maximum Gasteiger partial charge on any atom is 0.356 e. The van der Waals surface area contributed by atoms with Crippen LogP contribution in [0.15, 0.2) is 12.1 Å². The molecule has 0 fully saturated rings. The average molecular weight is 267 g/mol. The summed E-state index contributed by atoms with van der Waals surface area (Å²) in [5, 5.41) is 3.20. The number of rotatable bonds is 7. The van der Waals surface area contributed by atoms with E-state index in [-0.39, 0.29) is 11.7 Å². The van der Waals surface area contributed by atoms with Gasteiger partial charge in [-0.3, -0.25) is 0 Å². The van der Waals surface area contributed by atoms with E-state index in [9.17, 15) is 4.79 Å². The van der Waals surface area contributed by atoms with Gasteiger partial charge in [-0.1, -0.05) is 13.3 Å². The molecule has 0 aliphatic rings. The van der Waals surface area contributed by atoms with Gasteiger partial charge in [0.1, 0.15) is 0 Å². The predicted molar refractivity (Wildman–Crippen MR) is 74.2 cm³/mol. The van der Waals surface area contributed by atoms with Crippen molar-refractivity contribution in [2.24, 2.45) is 0 Å². The first-order chi connectivity index (χ1) is 9.12. The van der Waals surface area contributed by atoms with Crippen molar-refractivity contribution in [3.8, 4) is 0 Å². The second-order valence-electron chi connectivity index (χ2n) is 4.21. The molecule has 6 nitrogen and oxygen atoms in total. The van der Waals surface area contributed by atoms with E-state index in [2.05, 4.69) is 22.0 Å². The monoisotopic (exact) mass is 267 g/mol. The number of hydrogen-bond acceptors (Lipinski definition) is 6. The Balaban J connectivity index is 2.88. The third-order valence-electron chi connectivity index (χ3n) is 2.67. The molecule has 1 unspecified atom stereocenters. The van der Waals surface area contributed by atoms with Crippen LogP contribution in [0.25, 0.3) is 0 Å². The third kappa shape index (κ3) is 4.40. The predicted octanol–water partition coefficient (Wildman–Crippen LogP) is 1.68. The standard InChI is InChI=1S/C13H21N3O3/c1-4-5-9(8-18-2)15-12-10(14)6-7-11(16-12)13(17)19-3/h6-7,9H,4-5,8,14H2,1-3H3,(H,15,16). The molecule has 0 aliphatic heterocycles. The van der Waals surface area contributed by atoms with Crippen molar-refractivity contribution >= 4 is 17.5 Å². The number of aromatic nitrogens is 1. The van der Waals surface area contributed by atoms with Crippen molar-refractivity contribution in [3.63, 3.8) is 0 Å². The number of carbonyl (C=O) groups is 1. The van der Waals surface area contributed by atoms with Crippen LogP contribution in [0, 0.1) is 0 Å². The molecule has 1 heterocycles. The first-order valence-corrected chi connectivity index (χ1v) is 6.22. The van der Waals surface area contributed by atoms with E-state index >= 15 is 0 Å². The largest absolute Gasteiger partial charge is 0.464 e. The Morgan fingerprint density at radius 3 is 2.79 bits per heavy atom. The normalized spacial score (nSPS) is 11.9. The zero-order chi connectivity index (χ0) is 14.3. The van der Waals surface area contributed by atoms with Gasteiger partial charge in [0.2, 0.25) is 0 Å². The van der Waals surface area contributed by atoms with E-state index in [4.69, 9.17) is 10.5 Å².